The molecule has 0 aromatic heterocycles. The molecule has 0 amide bonds. The van der Waals surface area contributed by atoms with Gasteiger partial charge in [-0.3, -0.25) is 4.55 Å². The largest absolute Gasteiger partial charge is 1.00 e. The molecule has 120 valence electrons. The minimum absolute atomic E-state index is 0. The monoisotopic (exact) mass is 358 g/mol. The van der Waals surface area contributed by atoms with Crippen LogP contribution in [0, 0.1) is 0 Å². The van der Waals surface area contributed by atoms with E-state index in [0.717, 1.165) is 43.5 Å². The summed E-state index contributed by atoms with van der Waals surface area (Å²) in [6.07, 6.45) is 3.36. The van der Waals surface area contributed by atoms with E-state index in [2.05, 4.69) is 4.72 Å². The Morgan fingerprint density at radius 3 is 2.05 bits per heavy atom. The van der Waals surface area contributed by atoms with Gasteiger partial charge in [-0.1, -0.05) is 12.8 Å². The first-order valence-corrected chi connectivity index (χ1v) is 9.48. The van der Waals surface area contributed by atoms with Gasteiger partial charge >= 0.3 is 29.6 Å². The van der Waals surface area contributed by atoms with E-state index in [9.17, 15) is 16.8 Å². The van der Waals surface area contributed by atoms with E-state index in [1.807, 2.05) is 0 Å². The standard InChI is InChI=1S/C12H18N2O5S2.Na.H/c13-11-3-1-2-4-12(11)14-20(15,16)9-5-7-10(8-6-9)21(17,18)19;;/h5-8,11-12,14H,1-4,13H2,(H,17,18,19);;/q;+1;-1. The van der Waals surface area contributed by atoms with Gasteiger partial charge in [0.15, 0.2) is 0 Å². The number of nitrogens with one attached hydrogen (secondary N) is 1. The summed E-state index contributed by atoms with van der Waals surface area (Å²) in [6.45, 7) is 0. The van der Waals surface area contributed by atoms with Crippen molar-refractivity contribution >= 4 is 20.1 Å². The summed E-state index contributed by atoms with van der Waals surface area (Å²) in [5.74, 6) is 0. The Kier molecular flexibility index (Phi) is 7.03. The van der Waals surface area contributed by atoms with E-state index in [0.29, 0.717) is 6.42 Å². The molecule has 2 unspecified atom stereocenters. The zero-order valence-corrected chi connectivity index (χ0v) is 15.9. The van der Waals surface area contributed by atoms with Crippen molar-refractivity contribution < 1.29 is 52.4 Å². The Morgan fingerprint density at radius 1 is 1.05 bits per heavy atom. The average molecular weight is 358 g/mol. The molecule has 10 heteroatoms. The first-order valence-electron chi connectivity index (χ1n) is 6.55. The van der Waals surface area contributed by atoms with Crippen molar-refractivity contribution in [1.82, 2.24) is 4.72 Å². The zero-order valence-electron chi connectivity index (χ0n) is 13.3. The molecule has 2 rings (SSSR count). The van der Waals surface area contributed by atoms with E-state index in [1.165, 1.54) is 0 Å². The topological polar surface area (TPSA) is 127 Å². The van der Waals surface area contributed by atoms with Crippen LogP contribution >= 0.6 is 0 Å². The number of sulfonamides is 1. The van der Waals surface area contributed by atoms with Gasteiger partial charge in [-0.15, -0.1) is 0 Å². The van der Waals surface area contributed by atoms with Crippen molar-refractivity contribution in [1.29, 1.82) is 0 Å². The van der Waals surface area contributed by atoms with Gasteiger partial charge in [0.2, 0.25) is 10.0 Å². The fourth-order valence-corrected chi connectivity index (χ4v) is 4.17. The van der Waals surface area contributed by atoms with Crippen molar-refractivity contribution in [3.63, 3.8) is 0 Å². The number of hydrogen-bond acceptors (Lipinski definition) is 5. The zero-order chi connectivity index (χ0) is 15.7. The number of nitrogens with two attached hydrogens (primary N) is 1. The quantitative estimate of drug-likeness (QED) is 0.407. The van der Waals surface area contributed by atoms with Gasteiger partial charge < -0.3 is 7.16 Å². The van der Waals surface area contributed by atoms with Gasteiger partial charge in [0.25, 0.3) is 10.1 Å². The molecule has 2 atom stereocenters. The van der Waals surface area contributed by atoms with Crippen LogP contribution in [0.4, 0.5) is 0 Å². The van der Waals surface area contributed by atoms with Gasteiger partial charge in [0.05, 0.1) is 9.79 Å². The molecule has 0 radical (unpaired) electrons. The second-order valence-corrected chi connectivity index (χ2v) is 8.26. The molecule has 0 aliphatic heterocycles. The van der Waals surface area contributed by atoms with Gasteiger partial charge in [0, 0.05) is 12.1 Å². The number of benzene rings is 1. The van der Waals surface area contributed by atoms with Crippen molar-refractivity contribution in [3.05, 3.63) is 24.3 Å². The van der Waals surface area contributed by atoms with Gasteiger partial charge in [0.1, 0.15) is 0 Å². The summed E-state index contributed by atoms with van der Waals surface area (Å²) in [5, 5.41) is 0. The van der Waals surface area contributed by atoms with Crippen LogP contribution in [0.2, 0.25) is 0 Å². The summed E-state index contributed by atoms with van der Waals surface area (Å²) >= 11 is 0. The maximum Gasteiger partial charge on any atom is 1.00 e. The molecule has 4 N–H and O–H groups in total. The van der Waals surface area contributed by atoms with Crippen LogP contribution in [0.5, 0.6) is 0 Å². The minimum Gasteiger partial charge on any atom is -1.00 e. The van der Waals surface area contributed by atoms with E-state index in [4.69, 9.17) is 10.3 Å². The molecule has 0 bridgehead atoms. The minimum atomic E-state index is -4.34. The third kappa shape index (κ3) is 5.00. The molecule has 1 saturated carbocycles. The fourth-order valence-electron chi connectivity index (χ4n) is 2.36. The van der Waals surface area contributed by atoms with Crippen molar-refractivity contribution in [2.24, 2.45) is 5.73 Å². The first kappa shape index (κ1) is 20.0. The summed E-state index contributed by atoms with van der Waals surface area (Å²) in [6, 6.07) is 3.84. The van der Waals surface area contributed by atoms with Crippen LogP contribution in [0.3, 0.4) is 0 Å². The molecule has 0 spiro atoms. The predicted molar refractivity (Wildman–Crippen MR) is 77.9 cm³/mol. The van der Waals surface area contributed by atoms with Crippen molar-refractivity contribution in [3.8, 4) is 0 Å². The Labute approximate surface area is 154 Å². The summed E-state index contributed by atoms with van der Waals surface area (Å²) in [4.78, 5) is -0.413. The Bertz CT molecular complexity index is 709. The molecule has 0 heterocycles. The third-order valence-corrected chi connectivity index (χ3v) is 5.93. The molecule has 22 heavy (non-hydrogen) atoms. The third-order valence-electron chi connectivity index (χ3n) is 3.56. The average Bonchev–Trinajstić information content (AvgIpc) is 2.40. The van der Waals surface area contributed by atoms with Gasteiger partial charge in [-0.05, 0) is 37.1 Å². The normalized spacial score (nSPS) is 22.8. The van der Waals surface area contributed by atoms with Crippen LogP contribution in [-0.4, -0.2) is 33.5 Å². The van der Waals surface area contributed by atoms with Crippen molar-refractivity contribution in [2.45, 2.75) is 47.6 Å². The van der Waals surface area contributed by atoms with Crippen molar-refractivity contribution in [2.75, 3.05) is 0 Å². The van der Waals surface area contributed by atoms with E-state index in [1.54, 1.807) is 0 Å². The number of rotatable bonds is 4. The smallest absolute Gasteiger partial charge is 1.00 e. The van der Waals surface area contributed by atoms with Crippen LogP contribution < -0.4 is 40.0 Å². The molecule has 1 aromatic carbocycles. The molecular formula is C12H19N2NaO5S2. The molecule has 7 nitrogen and oxygen atoms in total. The van der Waals surface area contributed by atoms with Gasteiger partial charge in [-0.2, -0.15) is 8.42 Å². The Morgan fingerprint density at radius 2 is 1.55 bits per heavy atom. The SMILES string of the molecule is NC1CCCCC1NS(=O)(=O)c1ccc(S(=O)(=O)O)cc1.[H-].[Na+]. The molecule has 1 fully saturated rings. The van der Waals surface area contributed by atoms with Gasteiger partial charge in [-0.25, -0.2) is 13.1 Å². The Balaban J connectivity index is 0.00000242. The molecule has 1 aliphatic rings. The van der Waals surface area contributed by atoms with E-state index < -0.39 is 20.1 Å². The first-order chi connectivity index (χ1) is 9.70. The van der Waals surface area contributed by atoms with Crippen LogP contribution in [0.25, 0.3) is 0 Å². The summed E-state index contributed by atoms with van der Waals surface area (Å²) < 4.78 is 57.7. The second kappa shape index (κ2) is 7.71. The summed E-state index contributed by atoms with van der Waals surface area (Å²) in [5.41, 5.74) is 5.91. The van der Waals surface area contributed by atoms with Crippen LogP contribution in [0.1, 0.15) is 27.1 Å². The number of hydrogen-bond donors (Lipinski definition) is 3. The van der Waals surface area contributed by atoms with E-state index >= 15 is 0 Å². The maximum atomic E-state index is 12.2. The van der Waals surface area contributed by atoms with Crippen LogP contribution in [0.15, 0.2) is 34.1 Å². The van der Waals surface area contributed by atoms with E-state index in [-0.39, 0.29) is 52.9 Å². The molecule has 1 aromatic rings. The second-order valence-electron chi connectivity index (χ2n) is 5.12. The van der Waals surface area contributed by atoms with Crippen LogP contribution in [-0.2, 0) is 20.1 Å². The Hall–Kier alpha value is 0. The fraction of sp³-hybridized carbons (Fsp3) is 0.500. The molecular weight excluding hydrogens is 339 g/mol. The summed E-state index contributed by atoms with van der Waals surface area (Å²) in [7, 11) is -8.10. The predicted octanol–water partition coefficient (Wildman–Crippen LogP) is -2.40. The molecule has 0 saturated heterocycles. The molecule has 1 aliphatic carbocycles. The maximum absolute atomic E-state index is 12.2.